The van der Waals surface area contributed by atoms with Crippen molar-refractivity contribution in [3.05, 3.63) is 23.5 Å². The van der Waals surface area contributed by atoms with Crippen molar-refractivity contribution in [1.29, 1.82) is 0 Å². The average molecular weight is 179 g/mol. The minimum atomic E-state index is -0.340. The number of nitrogens with one attached hydrogen (secondary N) is 1. The molecule has 2 heterocycles. The van der Waals surface area contributed by atoms with E-state index in [2.05, 4.69) is 5.32 Å². The normalized spacial score (nSPS) is 16.3. The molecular weight excluding hydrogens is 166 g/mol. The maximum atomic E-state index is 11.0. The van der Waals surface area contributed by atoms with Crippen LogP contribution in [0.25, 0.3) is 0 Å². The molecule has 0 saturated heterocycles. The van der Waals surface area contributed by atoms with Crippen LogP contribution in [0.3, 0.4) is 0 Å². The second-order valence-electron chi connectivity index (χ2n) is 3.26. The van der Waals surface area contributed by atoms with E-state index >= 15 is 0 Å². The van der Waals surface area contributed by atoms with Gasteiger partial charge in [0.15, 0.2) is 0 Å². The van der Waals surface area contributed by atoms with Gasteiger partial charge in [-0.05, 0) is 25.1 Å². The van der Waals surface area contributed by atoms with Gasteiger partial charge in [-0.25, -0.2) is 0 Å². The third kappa shape index (κ3) is 1.45. The number of primary amides is 1. The second kappa shape index (κ2) is 3.22. The lowest BCUT2D eigenvalue weighted by Crippen LogP contribution is -2.17. The highest BCUT2D eigenvalue weighted by Crippen LogP contribution is 2.11. The fraction of sp³-hybridized carbons (Fsp3) is 0.444. The highest BCUT2D eigenvalue weighted by molar-refractivity contribution is 5.91. The third-order valence-electron chi connectivity index (χ3n) is 2.36. The summed E-state index contributed by atoms with van der Waals surface area (Å²) in [4.78, 5) is 11.0. The summed E-state index contributed by atoms with van der Waals surface area (Å²) in [6, 6.07) is 3.75. The minimum absolute atomic E-state index is 0.340. The van der Waals surface area contributed by atoms with Crippen LogP contribution in [0.2, 0.25) is 0 Å². The summed E-state index contributed by atoms with van der Waals surface area (Å²) in [7, 11) is 0. The molecule has 1 aromatic heterocycles. The molecule has 1 amide bonds. The molecule has 2 rings (SSSR count). The van der Waals surface area contributed by atoms with Crippen LogP contribution in [0.5, 0.6) is 0 Å². The SMILES string of the molecule is NC(=O)c1ccc2n1CCCNC2. The van der Waals surface area contributed by atoms with Gasteiger partial charge in [0.2, 0.25) is 0 Å². The molecule has 4 heteroatoms. The van der Waals surface area contributed by atoms with E-state index in [9.17, 15) is 4.79 Å². The smallest absolute Gasteiger partial charge is 0.265 e. The lowest BCUT2D eigenvalue weighted by molar-refractivity contribution is 0.0991. The highest BCUT2D eigenvalue weighted by atomic mass is 16.1. The van der Waals surface area contributed by atoms with Crippen LogP contribution in [0.4, 0.5) is 0 Å². The van der Waals surface area contributed by atoms with Crippen LogP contribution in [-0.2, 0) is 13.1 Å². The first-order valence-electron chi connectivity index (χ1n) is 4.48. The first kappa shape index (κ1) is 8.31. The molecule has 1 aliphatic heterocycles. The molecule has 0 aromatic carbocycles. The monoisotopic (exact) mass is 179 g/mol. The van der Waals surface area contributed by atoms with Gasteiger partial charge in [-0.2, -0.15) is 0 Å². The standard InChI is InChI=1S/C9H13N3O/c10-9(13)8-3-2-7-6-11-4-1-5-12(7)8/h2-3,11H,1,4-6H2,(H2,10,13). The maximum Gasteiger partial charge on any atom is 0.265 e. The number of nitrogens with zero attached hydrogens (tertiary/aromatic N) is 1. The van der Waals surface area contributed by atoms with Gasteiger partial charge in [0.05, 0.1) is 0 Å². The summed E-state index contributed by atoms with van der Waals surface area (Å²) in [6.45, 7) is 2.71. The van der Waals surface area contributed by atoms with Gasteiger partial charge in [-0.3, -0.25) is 4.79 Å². The van der Waals surface area contributed by atoms with Gasteiger partial charge in [0, 0.05) is 18.8 Å². The van der Waals surface area contributed by atoms with Gasteiger partial charge >= 0.3 is 0 Å². The molecule has 1 aromatic rings. The zero-order valence-corrected chi connectivity index (χ0v) is 7.42. The Hall–Kier alpha value is -1.29. The number of aromatic nitrogens is 1. The molecule has 0 fully saturated rings. The van der Waals surface area contributed by atoms with E-state index < -0.39 is 0 Å². The van der Waals surface area contributed by atoms with Crippen molar-refractivity contribution in [3.63, 3.8) is 0 Å². The number of rotatable bonds is 1. The summed E-state index contributed by atoms with van der Waals surface area (Å²) >= 11 is 0. The molecule has 1 aliphatic rings. The molecule has 0 saturated carbocycles. The Morgan fingerprint density at radius 1 is 1.54 bits per heavy atom. The van der Waals surface area contributed by atoms with E-state index in [-0.39, 0.29) is 5.91 Å². The van der Waals surface area contributed by atoms with Gasteiger partial charge in [0.1, 0.15) is 5.69 Å². The van der Waals surface area contributed by atoms with E-state index in [4.69, 9.17) is 5.73 Å². The third-order valence-corrected chi connectivity index (χ3v) is 2.36. The van der Waals surface area contributed by atoms with E-state index in [0.717, 1.165) is 31.7 Å². The van der Waals surface area contributed by atoms with Crippen molar-refractivity contribution in [1.82, 2.24) is 9.88 Å². The Morgan fingerprint density at radius 3 is 3.15 bits per heavy atom. The lowest BCUT2D eigenvalue weighted by atomic mass is 10.4. The van der Waals surface area contributed by atoms with Crippen molar-refractivity contribution in [2.45, 2.75) is 19.5 Å². The van der Waals surface area contributed by atoms with Crippen LogP contribution < -0.4 is 11.1 Å². The molecule has 0 aliphatic carbocycles. The zero-order valence-electron chi connectivity index (χ0n) is 7.42. The van der Waals surface area contributed by atoms with E-state index in [1.807, 2.05) is 10.6 Å². The van der Waals surface area contributed by atoms with Crippen molar-refractivity contribution in [2.24, 2.45) is 5.73 Å². The second-order valence-corrected chi connectivity index (χ2v) is 3.26. The quantitative estimate of drug-likeness (QED) is 0.641. The molecule has 0 bridgehead atoms. The Morgan fingerprint density at radius 2 is 2.38 bits per heavy atom. The van der Waals surface area contributed by atoms with E-state index in [0.29, 0.717) is 5.69 Å². The number of nitrogens with two attached hydrogens (primary N) is 1. The van der Waals surface area contributed by atoms with Crippen LogP contribution in [0.15, 0.2) is 12.1 Å². The first-order chi connectivity index (χ1) is 6.29. The number of hydrogen-bond acceptors (Lipinski definition) is 2. The van der Waals surface area contributed by atoms with E-state index in [1.165, 1.54) is 0 Å². The molecule has 0 spiro atoms. The molecule has 3 N–H and O–H groups in total. The summed E-state index contributed by atoms with van der Waals surface area (Å²) in [5, 5.41) is 3.28. The highest BCUT2D eigenvalue weighted by Gasteiger charge is 2.13. The zero-order chi connectivity index (χ0) is 9.26. The van der Waals surface area contributed by atoms with Crippen LogP contribution in [-0.4, -0.2) is 17.0 Å². The Balaban J connectivity index is 2.39. The molecule has 4 nitrogen and oxygen atoms in total. The molecular formula is C9H13N3O. The van der Waals surface area contributed by atoms with E-state index in [1.54, 1.807) is 6.07 Å². The topological polar surface area (TPSA) is 60.1 Å². The number of carbonyl (C=O) groups is 1. The molecule has 0 radical (unpaired) electrons. The fourth-order valence-corrected chi connectivity index (χ4v) is 1.72. The molecule has 0 atom stereocenters. The van der Waals surface area contributed by atoms with Gasteiger partial charge < -0.3 is 15.6 Å². The summed E-state index contributed by atoms with van der Waals surface area (Å²) in [5.41, 5.74) is 7.02. The first-order valence-corrected chi connectivity index (χ1v) is 4.48. The predicted octanol–water partition coefficient (Wildman–Crippen LogP) is 0.0803. The van der Waals surface area contributed by atoms with Gasteiger partial charge in [-0.15, -0.1) is 0 Å². The predicted molar refractivity (Wildman–Crippen MR) is 49.3 cm³/mol. The Bertz CT molecular complexity index is 330. The fourth-order valence-electron chi connectivity index (χ4n) is 1.72. The van der Waals surface area contributed by atoms with Gasteiger partial charge in [-0.1, -0.05) is 0 Å². The molecule has 0 unspecified atom stereocenters. The average Bonchev–Trinajstić information content (AvgIpc) is 2.36. The van der Waals surface area contributed by atoms with Crippen LogP contribution in [0.1, 0.15) is 22.6 Å². The molecule has 70 valence electrons. The van der Waals surface area contributed by atoms with Gasteiger partial charge in [0.25, 0.3) is 5.91 Å². The largest absolute Gasteiger partial charge is 0.364 e. The lowest BCUT2D eigenvalue weighted by Gasteiger charge is -2.06. The number of carbonyl (C=O) groups excluding carboxylic acids is 1. The summed E-state index contributed by atoms with van der Waals surface area (Å²) in [5.74, 6) is -0.340. The number of fused-ring (bicyclic) bond motifs is 1. The Kier molecular flexibility index (Phi) is 2.06. The summed E-state index contributed by atoms with van der Waals surface area (Å²) < 4.78 is 2.00. The van der Waals surface area contributed by atoms with Crippen molar-refractivity contribution < 1.29 is 4.79 Å². The minimum Gasteiger partial charge on any atom is -0.364 e. The van der Waals surface area contributed by atoms with Crippen LogP contribution >= 0.6 is 0 Å². The van der Waals surface area contributed by atoms with Crippen molar-refractivity contribution >= 4 is 5.91 Å². The van der Waals surface area contributed by atoms with Crippen LogP contribution in [0, 0.1) is 0 Å². The Labute approximate surface area is 76.7 Å². The maximum absolute atomic E-state index is 11.0. The number of hydrogen-bond donors (Lipinski definition) is 2. The van der Waals surface area contributed by atoms with Crippen molar-refractivity contribution in [2.75, 3.05) is 6.54 Å². The van der Waals surface area contributed by atoms with Crippen molar-refractivity contribution in [3.8, 4) is 0 Å². The summed E-state index contributed by atoms with van der Waals surface area (Å²) in [6.07, 6.45) is 1.04. The number of amides is 1. The molecule has 13 heavy (non-hydrogen) atoms.